The van der Waals surface area contributed by atoms with Crippen LogP contribution in [-0.4, -0.2) is 15.9 Å². The second-order valence-electron chi connectivity index (χ2n) is 4.99. The first kappa shape index (κ1) is 15.6. The van der Waals surface area contributed by atoms with Crippen molar-refractivity contribution >= 4 is 21.8 Å². The van der Waals surface area contributed by atoms with Gasteiger partial charge in [0.15, 0.2) is 0 Å². The summed E-state index contributed by atoms with van der Waals surface area (Å²) in [6.07, 6.45) is 1.67. The Labute approximate surface area is 132 Å². The highest BCUT2D eigenvalue weighted by molar-refractivity contribution is 9.10. The maximum absolute atomic E-state index is 12.3. The molecule has 1 amide bonds. The van der Waals surface area contributed by atoms with Gasteiger partial charge in [-0.25, -0.2) is 9.97 Å². The molecule has 1 unspecified atom stereocenters. The first-order chi connectivity index (χ1) is 9.89. The van der Waals surface area contributed by atoms with Gasteiger partial charge < -0.3 is 11.1 Å². The summed E-state index contributed by atoms with van der Waals surface area (Å²) in [6.45, 7) is 3.82. The minimum absolute atomic E-state index is 0.249. The van der Waals surface area contributed by atoms with E-state index in [1.54, 1.807) is 26.1 Å². The Bertz CT molecular complexity index is 640. The lowest BCUT2D eigenvalue weighted by Gasteiger charge is -2.24. The Morgan fingerprint density at radius 3 is 2.62 bits per heavy atom. The van der Waals surface area contributed by atoms with Crippen molar-refractivity contribution in [2.45, 2.75) is 25.9 Å². The quantitative estimate of drug-likeness (QED) is 0.885. The second kappa shape index (κ2) is 6.32. The van der Waals surface area contributed by atoms with E-state index in [-0.39, 0.29) is 5.91 Å². The second-order valence-corrected chi connectivity index (χ2v) is 5.90. The van der Waals surface area contributed by atoms with Crippen molar-refractivity contribution in [2.75, 3.05) is 0 Å². The van der Waals surface area contributed by atoms with Gasteiger partial charge in [0.1, 0.15) is 11.4 Å². The van der Waals surface area contributed by atoms with Gasteiger partial charge in [0.25, 0.3) is 0 Å². The van der Waals surface area contributed by atoms with Crippen LogP contribution in [0.5, 0.6) is 0 Å². The van der Waals surface area contributed by atoms with Crippen molar-refractivity contribution in [3.63, 3.8) is 0 Å². The molecule has 2 rings (SSSR count). The van der Waals surface area contributed by atoms with Gasteiger partial charge in [0.2, 0.25) is 5.91 Å². The SMILES string of the molecule is Cc1nccc(CNC(=O)C(C)(N)c2ccc(Br)cc2)n1. The van der Waals surface area contributed by atoms with Crippen molar-refractivity contribution in [3.8, 4) is 0 Å². The maximum atomic E-state index is 12.3. The van der Waals surface area contributed by atoms with Crippen molar-refractivity contribution < 1.29 is 4.79 Å². The molecule has 0 saturated heterocycles. The number of aromatic nitrogens is 2. The Morgan fingerprint density at radius 1 is 1.33 bits per heavy atom. The summed E-state index contributed by atoms with van der Waals surface area (Å²) in [5.74, 6) is 0.422. The van der Waals surface area contributed by atoms with Crippen molar-refractivity contribution in [2.24, 2.45) is 5.73 Å². The minimum Gasteiger partial charge on any atom is -0.349 e. The van der Waals surface area contributed by atoms with Crippen LogP contribution in [0.15, 0.2) is 41.0 Å². The standard InChI is InChI=1S/C15H17BrN4O/c1-10-18-8-7-13(20-10)9-19-14(21)15(2,17)11-3-5-12(16)6-4-11/h3-8H,9,17H2,1-2H3,(H,19,21). The number of benzene rings is 1. The van der Waals surface area contributed by atoms with Gasteiger partial charge in [0.05, 0.1) is 12.2 Å². The number of halogens is 1. The molecule has 2 aromatic rings. The number of hydrogen-bond acceptors (Lipinski definition) is 4. The molecule has 21 heavy (non-hydrogen) atoms. The van der Waals surface area contributed by atoms with E-state index in [4.69, 9.17) is 5.73 Å². The topological polar surface area (TPSA) is 80.9 Å². The molecule has 0 aliphatic heterocycles. The van der Waals surface area contributed by atoms with Gasteiger partial charge in [-0.05, 0) is 37.6 Å². The van der Waals surface area contributed by atoms with Crippen LogP contribution >= 0.6 is 15.9 Å². The lowest BCUT2D eigenvalue weighted by molar-refractivity contribution is -0.126. The van der Waals surface area contributed by atoms with E-state index in [2.05, 4.69) is 31.2 Å². The van der Waals surface area contributed by atoms with E-state index >= 15 is 0 Å². The van der Waals surface area contributed by atoms with E-state index in [1.165, 1.54) is 0 Å². The van der Waals surface area contributed by atoms with Crippen molar-refractivity contribution in [3.05, 3.63) is 58.1 Å². The number of aryl methyl sites for hydroxylation is 1. The minimum atomic E-state index is -1.09. The van der Waals surface area contributed by atoms with Crippen LogP contribution in [-0.2, 0) is 16.9 Å². The molecule has 3 N–H and O–H groups in total. The molecule has 0 fully saturated rings. The Morgan fingerprint density at radius 2 is 2.00 bits per heavy atom. The third-order valence-corrected chi connectivity index (χ3v) is 3.71. The predicted molar refractivity (Wildman–Crippen MR) is 84.3 cm³/mol. The fraction of sp³-hybridized carbons (Fsp3) is 0.267. The molecular formula is C15H17BrN4O. The molecule has 0 aliphatic carbocycles. The number of carbonyl (C=O) groups is 1. The van der Waals surface area contributed by atoms with Gasteiger partial charge in [0, 0.05) is 10.7 Å². The van der Waals surface area contributed by atoms with Crippen LogP contribution < -0.4 is 11.1 Å². The lowest BCUT2D eigenvalue weighted by Crippen LogP contribution is -2.48. The van der Waals surface area contributed by atoms with E-state index in [1.807, 2.05) is 24.3 Å². The molecule has 1 aromatic heterocycles. The molecule has 1 aromatic carbocycles. The van der Waals surface area contributed by atoms with Gasteiger partial charge in [-0.2, -0.15) is 0 Å². The zero-order valence-electron chi connectivity index (χ0n) is 11.9. The summed E-state index contributed by atoms with van der Waals surface area (Å²) in [6, 6.07) is 9.15. The van der Waals surface area contributed by atoms with Gasteiger partial charge in [-0.3, -0.25) is 4.79 Å². The Kier molecular flexibility index (Phi) is 4.69. The van der Waals surface area contributed by atoms with Crippen LogP contribution in [0.1, 0.15) is 24.0 Å². The van der Waals surface area contributed by atoms with Crippen LogP contribution in [0, 0.1) is 6.92 Å². The van der Waals surface area contributed by atoms with Crippen LogP contribution in [0.3, 0.4) is 0 Å². The lowest BCUT2D eigenvalue weighted by atomic mass is 9.92. The Hall–Kier alpha value is -1.79. The number of carbonyl (C=O) groups excluding carboxylic acids is 1. The molecular weight excluding hydrogens is 332 g/mol. The number of nitrogens with one attached hydrogen (secondary N) is 1. The molecule has 0 aliphatic rings. The number of nitrogens with two attached hydrogens (primary N) is 1. The fourth-order valence-corrected chi connectivity index (χ4v) is 2.15. The highest BCUT2D eigenvalue weighted by atomic mass is 79.9. The smallest absolute Gasteiger partial charge is 0.244 e. The highest BCUT2D eigenvalue weighted by Gasteiger charge is 2.30. The molecule has 6 heteroatoms. The first-order valence-electron chi connectivity index (χ1n) is 6.51. The molecule has 5 nitrogen and oxygen atoms in total. The molecule has 1 heterocycles. The number of nitrogens with zero attached hydrogens (tertiary/aromatic N) is 2. The zero-order valence-corrected chi connectivity index (χ0v) is 13.5. The number of hydrogen-bond donors (Lipinski definition) is 2. The normalized spacial score (nSPS) is 13.5. The fourth-order valence-electron chi connectivity index (χ4n) is 1.89. The summed E-state index contributed by atoms with van der Waals surface area (Å²) >= 11 is 3.36. The third-order valence-electron chi connectivity index (χ3n) is 3.18. The summed E-state index contributed by atoms with van der Waals surface area (Å²) < 4.78 is 0.943. The van der Waals surface area contributed by atoms with Crippen LogP contribution in [0.2, 0.25) is 0 Å². The van der Waals surface area contributed by atoms with Gasteiger partial charge >= 0.3 is 0 Å². The van der Waals surface area contributed by atoms with E-state index in [0.29, 0.717) is 12.4 Å². The Balaban J connectivity index is 2.06. The van der Waals surface area contributed by atoms with Crippen molar-refractivity contribution in [1.29, 1.82) is 0 Å². The summed E-state index contributed by atoms with van der Waals surface area (Å²) in [7, 11) is 0. The summed E-state index contributed by atoms with van der Waals surface area (Å²) in [5.41, 5.74) is 6.58. The number of amides is 1. The van der Waals surface area contributed by atoms with Gasteiger partial charge in [-0.15, -0.1) is 0 Å². The molecule has 0 radical (unpaired) electrons. The van der Waals surface area contributed by atoms with Crippen LogP contribution in [0.25, 0.3) is 0 Å². The largest absolute Gasteiger partial charge is 0.349 e. The van der Waals surface area contributed by atoms with E-state index in [9.17, 15) is 4.79 Å². The third kappa shape index (κ3) is 3.86. The average Bonchev–Trinajstić information content (AvgIpc) is 2.45. The van der Waals surface area contributed by atoms with E-state index in [0.717, 1.165) is 15.7 Å². The highest BCUT2D eigenvalue weighted by Crippen LogP contribution is 2.20. The average molecular weight is 349 g/mol. The number of rotatable bonds is 4. The molecule has 0 bridgehead atoms. The molecule has 0 saturated carbocycles. The predicted octanol–water partition coefficient (Wildman–Crippen LogP) is 2.04. The van der Waals surface area contributed by atoms with Crippen LogP contribution in [0.4, 0.5) is 0 Å². The summed E-state index contributed by atoms with van der Waals surface area (Å²) in [5, 5.41) is 2.81. The monoisotopic (exact) mass is 348 g/mol. The van der Waals surface area contributed by atoms with Gasteiger partial charge in [-0.1, -0.05) is 28.1 Å². The zero-order chi connectivity index (χ0) is 15.5. The molecule has 0 spiro atoms. The summed E-state index contributed by atoms with van der Waals surface area (Å²) in [4.78, 5) is 20.6. The molecule has 110 valence electrons. The van der Waals surface area contributed by atoms with Crippen molar-refractivity contribution in [1.82, 2.24) is 15.3 Å². The molecule has 1 atom stereocenters. The van der Waals surface area contributed by atoms with E-state index < -0.39 is 5.54 Å². The first-order valence-corrected chi connectivity index (χ1v) is 7.30. The maximum Gasteiger partial charge on any atom is 0.244 e.